The number of rotatable bonds is 4. The summed E-state index contributed by atoms with van der Waals surface area (Å²) in [5.41, 5.74) is 2.83. The summed E-state index contributed by atoms with van der Waals surface area (Å²) in [7, 11) is 0. The van der Waals surface area contributed by atoms with Crippen LogP contribution in [0.2, 0.25) is 0 Å². The van der Waals surface area contributed by atoms with E-state index in [9.17, 15) is 9.59 Å². The van der Waals surface area contributed by atoms with E-state index in [-0.39, 0.29) is 12.3 Å². The summed E-state index contributed by atoms with van der Waals surface area (Å²) in [6.45, 7) is 3.22. The largest absolute Gasteiger partial charge is 0.480 e. The van der Waals surface area contributed by atoms with Gasteiger partial charge in [-0.2, -0.15) is 0 Å². The van der Waals surface area contributed by atoms with Crippen LogP contribution >= 0.6 is 0 Å². The monoisotopic (exact) mass is 260 g/mol. The number of carboxylic acids is 1. The van der Waals surface area contributed by atoms with Gasteiger partial charge in [-0.25, -0.2) is 4.79 Å². The second kappa shape index (κ2) is 5.14. The van der Waals surface area contributed by atoms with Crippen molar-refractivity contribution < 1.29 is 14.7 Å². The van der Waals surface area contributed by atoms with Gasteiger partial charge in [0.15, 0.2) is 0 Å². The van der Waals surface area contributed by atoms with Crippen molar-refractivity contribution >= 4 is 22.8 Å². The number of aliphatic carboxylic acids is 1. The van der Waals surface area contributed by atoms with Crippen LogP contribution in [0.3, 0.4) is 0 Å². The van der Waals surface area contributed by atoms with Crippen LogP contribution in [-0.4, -0.2) is 28.0 Å². The lowest BCUT2D eigenvalue weighted by molar-refractivity contribution is -0.141. The maximum atomic E-state index is 11.2. The lowest BCUT2D eigenvalue weighted by Crippen LogP contribution is -2.41. The number of aromatic amines is 1. The molecule has 2 rings (SSSR count). The van der Waals surface area contributed by atoms with Crippen molar-refractivity contribution in [2.45, 2.75) is 26.3 Å². The number of hydrogen-bond donors (Lipinski definition) is 3. The standard InChI is InChI=1S/C14H16N2O3/c1-8-11(7-13(14(18)19)16-9(2)17)10-5-3-4-6-12(10)15-8/h3-6,13,15H,7H2,1-2H3,(H,16,17)(H,18,19)/t13-/m1/s1. The zero-order chi connectivity index (χ0) is 14.0. The van der Waals surface area contributed by atoms with Crippen LogP contribution in [0, 0.1) is 6.92 Å². The number of aryl methyl sites for hydroxylation is 1. The molecule has 0 saturated carbocycles. The van der Waals surface area contributed by atoms with Gasteiger partial charge < -0.3 is 15.4 Å². The van der Waals surface area contributed by atoms with E-state index in [1.807, 2.05) is 31.2 Å². The molecule has 0 radical (unpaired) electrons. The summed E-state index contributed by atoms with van der Waals surface area (Å²) in [5.74, 6) is -1.37. The Morgan fingerprint density at radius 2 is 2.05 bits per heavy atom. The number of aromatic nitrogens is 1. The highest BCUT2D eigenvalue weighted by Crippen LogP contribution is 2.23. The molecular weight excluding hydrogens is 244 g/mol. The van der Waals surface area contributed by atoms with E-state index in [1.54, 1.807) is 0 Å². The van der Waals surface area contributed by atoms with E-state index in [0.29, 0.717) is 0 Å². The predicted molar refractivity (Wildman–Crippen MR) is 72.0 cm³/mol. The summed E-state index contributed by atoms with van der Waals surface area (Å²) in [6.07, 6.45) is 0.269. The van der Waals surface area contributed by atoms with E-state index in [4.69, 9.17) is 5.11 Å². The van der Waals surface area contributed by atoms with Gasteiger partial charge in [-0.1, -0.05) is 18.2 Å². The molecule has 3 N–H and O–H groups in total. The first kappa shape index (κ1) is 13.1. The highest BCUT2D eigenvalue weighted by Gasteiger charge is 2.21. The molecule has 0 aliphatic heterocycles. The number of carbonyl (C=O) groups is 2. The van der Waals surface area contributed by atoms with Gasteiger partial charge in [-0.3, -0.25) is 4.79 Å². The number of carboxylic acid groups (broad SMARTS) is 1. The third-order valence-electron chi connectivity index (χ3n) is 3.11. The first-order chi connectivity index (χ1) is 8.99. The molecule has 19 heavy (non-hydrogen) atoms. The maximum Gasteiger partial charge on any atom is 0.326 e. The van der Waals surface area contributed by atoms with Crippen LogP contribution in [0.5, 0.6) is 0 Å². The van der Waals surface area contributed by atoms with Crippen LogP contribution in [0.25, 0.3) is 10.9 Å². The lowest BCUT2D eigenvalue weighted by Gasteiger charge is -2.13. The molecular formula is C14H16N2O3. The Labute approximate surface area is 110 Å². The van der Waals surface area contributed by atoms with Gasteiger partial charge in [0.05, 0.1) is 0 Å². The minimum atomic E-state index is -1.03. The molecule has 2 aromatic rings. The summed E-state index contributed by atoms with van der Waals surface area (Å²) in [6, 6.07) is 6.81. The molecule has 1 aromatic heterocycles. The molecule has 0 unspecified atom stereocenters. The molecule has 1 heterocycles. The van der Waals surface area contributed by atoms with Crippen molar-refractivity contribution in [3.63, 3.8) is 0 Å². The molecule has 0 spiro atoms. The van der Waals surface area contributed by atoms with Gasteiger partial charge in [0.2, 0.25) is 5.91 Å². The molecule has 0 bridgehead atoms. The SMILES string of the molecule is CC(=O)N[C@H](Cc1c(C)[nH]c2ccccc12)C(=O)O. The first-order valence-corrected chi connectivity index (χ1v) is 6.05. The molecule has 0 aliphatic carbocycles. The number of amides is 1. The Kier molecular flexibility index (Phi) is 3.55. The fourth-order valence-electron chi connectivity index (χ4n) is 2.25. The molecule has 0 fully saturated rings. The number of H-pyrrole nitrogens is 1. The highest BCUT2D eigenvalue weighted by atomic mass is 16.4. The van der Waals surface area contributed by atoms with Crippen molar-refractivity contribution in [3.8, 4) is 0 Å². The Morgan fingerprint density at radius 3 is 2.68 bits per heavy atom. The van der Waals surface area contributed by atoms with Gasteiger partial charge in [-0.15, -0.1) is 0 Å². The van der Waals surface area contributed by atoms with Gasteiger partial charge in [-0.05, 0) is 18.6 Å². The predicted octanol–water partition coefficient (Wildman–Crippen LogP) is 1.61. The van der Waals surface area contributed by atoms with Gasteiger partial charge in [0, 0.05) is 29.9 Å². The minimum absolute atomic E-state index is 0.269. The number of carbonyl (C=O) groups excluding carboxylic acids is 1. The Morgan fingerprint density at radius 1 is 1.37 bits per heavy atom. The van der Waals surface area contributed by atoms with Gasteiger partial charge in [0.25, 0.3) is 0 Å². The van der Waals surface area contributed by atoms with Crippen LogP contribution in [-0.2, 0) is 16.0 Å². The zero-order valence-electron chi connectivity index (χ0n) is 10.9. The average molecular weight is 260 g/mol. The number of para-hydroxylation sites is 1. The lowest BCUT2D eigenvalue weighted by atomic mass is 10.0. The van der Waals surface area contributed by atoms with Crippen LogP contribution in [0.1, 0.15) is 18.2 Å². The fraction of sp³-hybridized carbons (Fsp3) is 0.286. The number of nitrogens with one attached hydrogen (secondary N) is 2. The fourth-order valence-corrected chi connectivity index (χ4v) is 2.25. The van der Waals surface area contributed by atoms with Crippen LogP contribution in [0.15, 0.2) is 24.3 Å². The quantitative estimate of drug-likeness (QED) is 0.781. The minimum Gasteiger partial charge on any atom is -0.480 e. The van der Waals surface area contributed by atoms with E-state index < -0.39 is 12.0 Å². The highest BCUT2D eigenvalue weighted by molar-refractivity contribution is 5.87. The zero-order valence-corrected chi connectivity index (χ0v) is 10.9. The summed E-state index contributed by atoms with van der Waals surface area (Å²) in [5, 5.41) is 12.6. The van der Waals surface area contributed by atoms with E-state index in [1.165, 1.54) is 6.92 Å². The van der Waals surface area contributed by atoms with Crippen molar-refractivity contribution in [3.05, 3.63) is 35.5 Å². The van der Waals surface area contributed by atoms with Crippen molar-refractivity contribution in [1.82, 2.24) is 10.3 Å². The van der Waals surface area contributed by atoms with E-state index >= 15 is 0 Å². The van der Waals surface area contributed by atoms with E-state index in [2.05, 4.69) is 10.3 Å². The molecule has 100 valence electrons. The molecule has 1 aromatic carbocycles. The molecule has 5 heteroatoms. The van der Waals surface area contributed by atoms with Gasteiger partial charge >= 0.3 is 5.97 Å². The van der Waals surface area contributed by atoms with E-state index in [0.717, 1.165) is 22.2 Å². The number of fused-ring (bicyclic) bond motifs is 1. The second-order valence-electron chi connectivity index (χ2n) is 4.57. The summed E-state index contributed by atoms with van der Waals surface area (Å²) >= 11 is 0. The van der Waals surface area contributed by atoms with Crippen molar-refractivity contribution in [2.75, 3.05) is 0 Å². The molecule has 0 saturated heterocycles. The Bertz CT molecular complexity index is 631. The topological polar surface area (TPSA) is 82.2 Å². The smallest absolute Gasteiger partial charge is 0.326 e. The molecule has 0 aliphatic rings. The third-order valence-corrected chi connectivity index (χ3v) is 3.11. The first-order valence-electron chi connectivity index (χ1n) is 6.05. The van der Waals surface area contributed by atoms with Crippen molar-refractivity contribution in [1.29, 1.82) is 0 Å². The maximum absolute atomic E-state index is 11.2. The number of hydrogen-bond acceptors (Lipinski definition) is 2. The number of benzene rings is 1. The normalized spacial score (nSPS) is 12.3. The summed E-state index contributed by atoms with van der Waals surface area (Å²) in [4.78, 5) is 25.5. The molecule has 1 atom stereocenters. The Hall–Kier alpha value is -2.30. The Balaban J connectivity index is 2.35. The third kappa shape index (κ3) is 2.76. The van der Waals surface area contributed by atoms with Crippen LogP contribution in [0.4, 0.5) is 0 Å². The van der Waals surface area contributed by atoms with Crippen LogP contribution < -0.4 is 5.32 Å². The average Bonchev–Trinajstić information content (AvgIpc) is 2.64. The molecule has 1 amide bonds. The molecule has 5 nitrogen and oxygen atoms in total. The summed E-state index contributed by atoms with van der Waals surface area (Å²) < 4.78 is 0. The van der Waals surface area contributed by atoms with Gasteiger partial charge in [0.1, 0.15) is 6.04 Å². The second-order valence-corrected chi connectivity index (χ2v) is 4.57. The van der Waals surface area contributed by atoms with Crippen molar-refractivity contribution in [2.24, 2.45) is 0 Å².